The van der Waals surface area contributed by atoms with Crippen LogP contribution in [0.5, 0.6) is 0 Å². The number of rotatable bonds is 7. The molecule has 3 aromatic rings. The van der Waals surface area contributed by atoms with Crippen molar-refractivity contribution in [1.82, 2.24) is 19.3 Å². The summed E-state index contributed by atoms with van der Waals surface area (Å²) >= 11 is 0. The fourth-order valence-corrected chi connectivity index (χ4v) is 3.45. The summed E-state index contributed by atoms with van der Waals surface area (Å²) in [6.45, 7) is 2.52. The maximum atomic E-state index is 12.2. The molecule has 0 aliphatic rings. The molecule has 0 saturated carbocycles. The van der Waals surface area contributed by atoms with Gasteiger partial charge in [0, 0.05) is 31.5 Å². The number of aryl methyl sites for hydroxylation is 1. The van der Waals surface area contributed by atoms with Crippen molar-refractivity contribution >= 4 is 15.8 Å². The molecular weight excluding hydrogens is 338 g/mol. The molecule has 0 amide bonds. The van der Waals surface area contributed by atoms with Gasteiger partial charge in [0.25, 0.3) is 0 Å². The van der Waals surface area contributed by atoms with E-state index >= 15 is 0 Å². The third-order valence-corrected chi connectivity index (χ3v) is 5.00. The summed E-state index contributed by atoms with van der Waals surface area (Å²) in [5.41, 5.74) is 0.902. The number of benzene rings is 1. The number of hydrogen-bond acceptors (Lipinski definition) is 5. The quantitative estimate of drug-likeness (QED) is 0.631. The fraction of sp³-hybridized carbons (Fsp3) is 0.176. The molecule has 2 aromatic heterocycles. The zero-order chi connectivity index (χ0) is 17.7. The van der Waals surface area contributed by atoms with Crippen LogP contribution in [0.3, 0.4) is 0 Å². The molecule has 0 bridgehead atoms. The van der Waals surface area contributed by atoms with E-state index in [1.165, 1.54) is 6.33 Å². The van der Waals surface area contributed by atoms with Crippen LogP contribution in [0, 0.1) is 6.92 Å². The van der Waals surface area contributed by atoms with Crippen molar-refractivity contribution in [1.29, 1.82) is 0 Å². The first-order valence-corrected chi connectivity index (χ1v) is 9.28. The lowest BCUT2D eigenvalue weighted by Gasteiger charge is -2.09. The van der Waals surface area contributed by atoms with E-state index in [1.807, 2.05) is 42.1 Å². The Bertz CT molecular complexity index is 939. The molecular formula is C17H19N5O2S. The summed E-state index contributed by atoms with van der Waals surface area (Å²) in [7, 11) is -3.51. The van der Waals surface area contributed by atoms with Crippen molar-refractivity contribution < 1.29 is 8.42 Å². The number of anilines is 1. The van der Waals surface area contributed by atoms with E-state index in [0.29, 0.717) is 12.4 Å². The molecule has 0 aliphatic heterocycles. The summed E-state index contributed by atoms with van der Waals surface area (Å²) in [4.78, 5) is 8.61. The van der Waals surface area contributed by atoms with Gasteiger partial charge in [-0.05, 0) is 36.8 Å². The van der Waals surface area contributed by atoms with Gasteiger partial charge in [0.05, 0.1) is 4.90 Å². The monoisotopic (exact) mass is 357 g/mol. The molecule has 2 heterocycles. The topological polar surface area (TPSA) is 88.9 Å². The number of sulfonamides is 1. The Labute approximate surface area is 146 Å². The third kappa shape index (κ3) is 4.43. The second-order valence-electron chi connectivity index (χ2n) is 5.49. The van der Waals surface area contributed by atoms with Crippen molar-refractivity contribution in [3.63, 3.8) is 0 Å². The third-order valence-electron chi connectivity index (χ3n) is 3.54. The SMILES string of the molecule is Cc1cccc(S(=O)(=O)NCCNc2cc(-n3cccc3)ncn2)c1. The molecule has 7 nitrogen and oxygen atoms in total. The van der Waals surface area contributed by atoms with Gasteiger partial charge < -0.3 is 9.88 Å². The average Bonchev–Trinajstić information content (AvgIpc) is 3.14. The number of aromatic nitrogens is 3. The van der Waals surface area contributed by atoms with Crippen LogP contribution in [-0.2, 0) is 10.0 Å². The molecule has 0 radical (unpaired) electrons. The van der Waals surface area contributed by atoms with E-state index in [0.717, 1.165) is 11.4 Å². The Morgan fingerprint density at radius 2 is 1.84 bits per heavy atom. The Balaban J connectivity index is 1.56. The Hall–Kier alpha value is -2.71. The van der Waals surface area contributed by atoms with Gasteiger partial charge >= 0.3 is 0 Å². The van der Waals surface area contributed by atoms with E-state index < -0.39 is 10.0 Å². The van der Waals surface area contributed by atoms with Crippen LogP contribution in [0.2, 0.25) is 0 Å². The zero-order valence-electron chi connectivity index (χ0n) is 13.8. The largest absolute Gasteiger partial charge is 0.369 e. The molecule has 1 aromatic carbocycles. The van der Waals surface area contributed by atoms with Crippen LogP contribution in [0.4, 0.5) is 5.82 Å². The van der Waals surface area contributed by atoms with Gasteiger partial charge in [-0.2, -0.15) is 0 Å². The second kappa shape index (κ2) is 7.45. The normalized spacial score (nSPS) is 11.4. The van der Waals surface area contributed by atoms with Crippen LogP contribution in [-0.4, -0.2) is 36.0 Å². The van der Waals surface area contributed by atoms with E-state index in [1.54, 1.807) is 24.3 Å². The Kier molecular flexibility index (Phi) is 5.11. The number of hydrogen-bond donors (Lipinski definition) is 2. The second-order valence-corrected chi connectivity index (χ2v) is 7.26. The summed E-state index contributed by atoms with van der Waals surface area (Å²) in [6, 6.07) is 12.4. The van der Waals surface area contributed by atoms with Gasteiger partial charge in [0.1, 0.15) is 18.0 Å². The highest BCUT2D eigenvalue weighted by molar-refractivity contribution is 7.89. The van der Waals surface area contributed by atoms with Gasteiger partial charge in [-0.25, -0.2) is 23.1 Å². The van der Waals surface area contributed by atoms with Crippen molar-refractivity contribution in [3.8, 4) is 5.82 Å². The van der Waals surface area contributed by atoms with E-state index in [2.05, 4.69) is 20.0 Å². The van der Waals surface area contributed by atoms with E-state index in [9.17, 15) is 8.42 Å². The standard InChI is InChI=1S/C17H19N5O2S/c1-14-5-4-6-15(11-14)25(23,24)21-8-7-18-16-12-17(20-13-19-16)22-9-2-3-10-22/h2-6,9-13,21H,7-8H2,1H3,(H,18,19,20). The van der Waals surface area contributed by atoms with Gasteiger partial charge in [-0.3, -0.25) is 0 Å². The molecule has 2 N–H and O–H groups in total. The molecule has 3 rings (SSSR count). The van der Waals surface area contributed by atoms with Gasteiger partial charge in [0.2, 0.25) is 10.0 Å². The highest BCUT2D eigenvalue weighted by Crippen LogP contribution is 2.11. The predicted molar refractivity (Wildman–Crippen MR) is 96.2 cm³/mol. The van der Waals surface area contributed by atoms with Crippen molar-refractivity contribution in [3.05, 3.63) is 66.7 Å². The van der Waals surface area contributed by atoms with Crippen LogP contribution in [0.1, 0.15) is 5.56 Å². The molecule has 0 saturated heterocycles. The Morgan fingerprint density at radius 3 is 2.60 bits per heavy atom. The maximum absolute atomic E-state index is 12.2. The average molecular weight is 357 g/mol. The lowest BCUT2D eigenvalue weighted by Crippen LogP contribution is -2.29. The fourth-order valence-electron chi connectivity index (χ4n) is 2.31. The summed E-state index contributed by atoms with van der Waals surface area (Å²) in [5.74, 6) is 1.37. The first-order chi connectivity index (χ1) is 12.0. The van der Waals surface area contributed by atoms with E-state index in [-0.39, 0.29) is 11.4 Å². The minimum absolute atomic E-state index is 0.249. The number of nitrogens with zero attached hydrogens (tertiary/aromatic N) is 3. The minimum atomic E-state index is -3.51. The molecule has 0 spiro atoms. The van der Waals surface area contributed by atoms with Crippen LogP contribution < -0.4 is 10.0 Å². The predicted octanol–water partition coefficient (Wildman–Crippen LogP) is 1.97. The molecule has 0 aliphatic carbocycles. The van der Waals surface area contributed by atoms with Crippen molar-refractivity contribution in [2.45, 2.75) is 11.8 Å². The molecule has 8 heteroatoms. The molecule has 0 atom stereocenters. The maximum Gasteiger partial charge on any atom is 0.240 e. The first-order valence-electron chi connectivity index (χ1n) is 7.80. The molecule has 0 unspecified atom stereocenters. The smallest absolute Gasteiger partial charge is 0.240 e. The van der Waals surface area contributed by atoms with Crippen LogP contribution >= 0.6 is 0 Å². The van der Waals surface area contributed by atoms with Gasteiger partial charge in [-0.15, -0.1) is 0 Å². The Morgan fingerprint density at radius 1 is 1.04 bits per heavy atom. The summed E-state index contributed by atoms with van der Waals surface area (Å²) < 4.78 is 28.9. The van der Waals surface area contributed by atoms with Crippen molar-refractivity contribution in [2.24, 2.45) is 0 Å². The van der Waals surface area contributed by atoms with Crippen LogP contribution in [0.25, 0.3) is 5.82 Å². The van der Waals surface area contributed by atoms with Crippen molar-refractivity contribution in [2.75, 3.05) is 18.4 Å². The highest BCUT2D eigenvalue weighted by Gasteiger charge is 2.12. The highest BCUT2D eigenvalue weighted by atomic mass is 32.2. The summed E-state index contributed by atoms with van der Waals surface area (Å²) in [5, 5.41) is 3.09. The molecule has 25 heavy (non-hydrogen) atoms. The number of nitrogens with one attached hydrogen (secondary N) is 2. The van der Waals surface area contributed by atoms with E-state index in [4.69, 9.17) is 0 Å². The molecule has 130 valence electrons. The zero-order valence-corrected chi connectivity index (χ0v) is 14.6. The van der Waals surface area contributed by atoms with Crippen LogP contribution in [0.15, 0.2) is 66.1 Å². The summed E-state index contributed by atoms with van der Waals surface area (Å²) in [6.07, 6.45) is 5.25. The minimum Gasteiger partial charge on any atom is -0.369 e. The molecule has 0 fully saturated rings. The van der Waals surface area contributed by atoms with Gasteiger partial charge in [-0.1, -0.05) is 12.1 Å². The first kappa shape index (κ1) is 17.1. The lowest BCUT2D eigenvalue weighted by atomic mass is 10.2. The van der Waals surface area contributed by atoms with Gasteiger partial charge in [0.15, 0.2) is 0 Å². The lowest BCUT2D eigenvalue weighted by molar-refractivity contribution is 0.583.